The van der Waals surface area contributed by atoms with Gasteiger partial charge in [0, 0.05) is 36.7 Å². The number of hydrogen-bond acceptors (Lipinski definition) is 6. The number of halogens is 2. The van der Waals surface area contributed by atoms with E-state index in [2.05, 4.69) is 21.2 Å². The molecule has 0 bridgehead atoms. The fourth-order valence-electron chi connectivity index (χ4n) is 5.32. The molecule has 4 aromatic rings. The average molecular weight is 645 g/mol. The van der Waals surface area contributed by atoms with Crippen LogP contribution in [-0.4, -0.2) is 39.5 Å². The van der Waals surface area contributed by atoms with Gasteiger partial charge >= 0.3 is 5.69 Å². The van der Waals surface area contributed by atoms with Crippen molar-refractivity contribution in [3.05, 3.63) is 90.0 Å². The highest BCUT2D eigenvalue weighted by Gasteiger charge is 2.32. The first-order valence-electron chi connectivity index (χ1n) is 13.3. The summed E-state index contributed by atoms with van der Waals surface area (Å²) in [6, 6.07) is 11.2. The zero-order chi connectivity index (χ0) is 29.1. The van der Waals surface area contributed by atoms with Crippen LogP contribution in [0, 0.1) is 5.82 Å². The van der Waals surface area contributed by atoms with Crippen LogP contribution in [0.4, 0.5) is 15.8 Å². The summed E-state index contributed by atoms with van der Waals surface area (Å²) in [6.45, 7) is 0.830. The van der Waals surface area contributed by atoms with Crippen LogP contribution in [0.5, 0.6) is 0 Å². The van der Waals surface area contributed by atoms with E-state index in [1.54, 1.807) is 12.1 Å². The lowest BCUT2D eigenvalue weighted by atomic mass is 10.2. The SMILES string of the molecule is Cn1c(=O)cc(Nc2ccc(Br)cc2F)c2c(=O)n(C3CC3)c(=O)n(-c3cccc(S(=O)(=O)N4CCCCC4)c3)c21. The van der Waals surface area contributed by atoms with Crippen molar-refractivity contribution in [2.24, 2.45) is 7.05 Å². The van der Waals surface area contributed by atoms with Crippen molar-refractivity contribution in [2.75, 3.05) is 18.4 Å². The van der Waals surface area contributed by atoms with Crippen molar-refractivity contribution in [1.82, 2.24) is 18.0 Å². The molecule has 2 aromatic heterocycles. The highest BCUT2D eigenvalue weighted by molar-refractivity contribution is 9.10. The summed E-state index contributed by atoms with van der Waals surface area (Å²) in [5.41, 5.74) is -1.62. The molecule has 0 atom stereocenters. The van der Waals surface area contributed by atoms with Crippen LogP contribution < -0.4 is 22.1 Å². The normalized spacial score (nSPS) is 16.3. The van der Waals surface area contributed by atoms with E-state index < -0.39 is 32.6 Å². The Balaban J connectivity index is 1.63. The number of benzene rings is 2. The second-order valence-corrected chi connectivity index (χ2v) is 13.2. The van der Waals surface area contributed by atoms with Gasteiger partial charge in [0.05, 0.1) is 22.0 Å². The third-order valence-electron chi connectivity index (χ3n) is 7.59. The summed E-state index contributed by atoms with van der Waals surface area (Å²) in [5, 5.41) is 2.88. The van der Waals surface area contributed by atoms with E-state index in [9.17, 15) is 27.2 Å². The van der Waals surface area contributed by atoms with Crippen LogP contribution in [0.1, 0.15) is 38.1 Å². The Labute approximate surface area is 242 Å². The predicted octanol–water partition coefficient (Wildman–Crippen LogP) is 4.01. The number of pyridine rings is 1. The molecule has 214 valence electrons. The molecule has 41 heavy (non-hydrogen) atoms. The Morgan fingerprint density at radius 3 is 2.37 bits per heavy atom. The molecule has 0 radical (unpaired) electrons. The van der Waals surface area contributed by atoms with Gasteiger partial charge in [-0.3, -0.25) is 18.7 Å². The minimum atomic E-state index is -3.83. The second kappa shape index (κ2) is 10.4. The van der Waals surface area contributed by atoms with Crippen molar-refractivity contribution in [1.29, 1.82) is 0 Å². The molecule has 1 saturated carbocycles. The first kappa shape index (κ1) is 27.6. The van der Waals surface area contributed by atoms with Crippen molar-refractivity contribution in [3.8, 4) is 5.69 Å². The predicted molar refractivity (Wildman–Crippen MR) is 157 cm³/mol. The highest BCUT2D eigenvalue weighted by atomic mass is 79.9. The van der Waals surface area contributed by atoms with E-state index in [0.717, 1.165) is 23.8 Å². The number of anilines is 2. The van der Waals surface area contributed by atoms with E-state index in [1.807, 2.05) is 0 Å². The van der Waals surface area contributed by atoms with Gasteiger partial charge in [-0.2, -0.15) is 4.31 Å². The fourth-order valence-corrected chi connectivity index (χ4v) is 7.21. The van der Waals surface area contributed by atoms with Gasteiger partial charge in [-0.15, -0.1) is 0 Å². The Hall–Kier alpha value is -3.55. The second-order valence-electron chi connectivity index (χ2n) is 10.4. The molecule has 2 aromatic carbocycles. The van der Waals surface area contributed by atoms with Gasteiger partial charge in [-0.05, 0) is 62.1 Å². The molecule has 0 spiro atoms. The Bertz CT molecular complexity index is 1990. The Kier molecular flexibility index (Phi) is 6.99. The van der Waals surface area contributed by atoms with Gasteiger partial charge in [0.15, 0.2) is 0 Å². The number of nitrogens with zero attached hydrogens (tertiary/aromatic N) is 4. The molecular weight excluding hydrogens is 617 g/mol. The zero-order valence-electron chi connectivity index (χ0n) is 22.1. The van der Waals surface area contributed by atoms with Crippen LogP contribution in [0.25, 0.3) is 16.7 Å². The van der Waals surface area contributed by atoms with Gasteiger partial charge < -0.3 is 5.32 Å². The smallest absolute Gasteiger partial charge is 0.337 e. The first-order valence-corrected chi connectivity index (χ1v) is 15.5. The van der Waals surface area contributed by atoms with Crippen LogP contribution in [0.15, 0.2) is 72.3 Å². The van der Waals surface area contributed by atoms with E-state index in [-0.39, 0.29) is 39.0 Å². The monoisotopic (exact) mass is 643 g/mol. The lowest BCUT2D eigenvalue weighted by Gasteiger charge is -2.26. The van der Waals surface area contributed by atoms with Crippen molar-refractivity contribution in [2.45, 2.75) is 43.0 Å². The number of fused-ring (bicyclic) bond motifs is 1. The third-order valence-corrected chi connectivity index (χ3v) is 9.98. The van der Waals surface area contributed by atoms with Gasteiger partial charge in [0.25, 0.3) is 11.1 Å². The van der Waals surface area contributed by atoms with Crippen LogP contribution in [0.3, 0.4) is 0 Å². The molecule has 1 saturated heterocycles. The van der Waals surface area contributed by atoms with Crippen LogP contribution in [0.2, 0.25) is 0 Å². The average Bonchev–Trinajstić information content (AvgIpc) is 3.78. The first-order chi connectivity index (χ1) is 19.6. The summed E-state index contributed by atoms with van der Waals surface area (Å²) < 4.78 is 47.2. The van der Waals surface area contributed by atoms with E-state index >= 15 is 0 Å². The number of aryl methyl sites for hydroxylation is 1. The molecule has 13 heteroatoms. The maximum Gasteiger partial charge on any atom is 0.337 e. The van der Waals surface area contributed by atoms with Gasteiger partial charge in [0.1, 0.15) is 16.9 Å². The van der Waals surface area contributed by atoms with Crippen molar-refractivity contribution >= 4 is 48.4 Å². The number of aromatic nitrogens is 3. The number of piperidine rings is 1. The molecule has 0 unspecified atom stereocenters. The molecule has 1 aliphatic carbocycles. The zero-order valence-corrected chi connectivity index (χ0v) is 24.5. The maximum absolute atomic E-state index is 14.8. The molecule has 1 N–H and O–H groups in total. The van der Waals surface area contributed by atoms with E-state index in [4.69, 9.17) is 0 Å². The van der Waals surface area contributed by atoms with Crippen LogP contribution in [-0.2, 0) is 17.1 Å². The topological polar surface area (TPSA) is 115 Å². The summed E-state index contributed by atoms with van der Waals surface area (Å²) >= 11 is 3.22. The third kappa shape index (κ3) is 4.85. The molecule has 2 fully saturated rings. The largest absolute Gasteiger partial charge is 0.352 e. The minimum absolute atomic E-state index is 0.00482. The Morgan fingerprint density at radius 1 is 0.951 bits per heavy atom. The lowest BCUT2D eigenvalue weighted by Crippen LogP contribution is -2.41. The van der Waals surface area contributed by atoms with Crippen molar-refractivity contribution in [3.63, 3.8) is 0 Å². The molecule has 0 amide bonds. The molecule has 6 rings (SSSR count). The quantitative estimate of drug-likeness (QED) is 0.340. The maximum atomic E-state index is 14.8. The van der Waals surface area contributed by atoms with Gasteiger partial charge in [-0.1, -0.05) is 28.4 Å². The Morgan fingerprint density at radius 2 is 1.68 bits per heavy atom. The standard InChI is InChI=1S/C28H27BrFN5O5S/c1-32-24(36)16-23(31-22-11-8-17(29)14-21(22)30)25-26(32)34(28(38)35(27(25)37)18-9-10-18)19-6-5-7-20(15-19)41(39,40)33-12-3-2-4-13-33/h5-8,11,14-16,18,31H,2-4,9-10,12-13H2,1H3. The molecule has 2 aliphatic rings. The summed E-state index contributed by atoms with van der Waals surface area (Å²) in [4.78, 5) is 40.9. The minimum Gasteiger partial charge on any atom is -0.352 e. The fraction of sp³-hybridized carbons (Fsp3) is 0.321. The summed E-state index contributed by atoms with van der Waals surface area (Å²) in [7, 11) is -2.40. The lowest BCUT2D eigenvalue weighted by molar-refractivity contribution is 0.346. The van der Waals surface area contributed by atoms with Gasteiger partial charge in [-0.25, -0.2) is 22.2 Å². The molecule has 1 aliphatic heterocycles. The number of hydrogen-bond donors (Lipinski definition) is 1. The number of nitrogens with one attached hydrogen (secondary N) is 1. The number of rotatable bonds is 6. The molecule has 3 heterocycles. The van der Waals surface area contributed by atoms with E-state index in [1.165, 1.54) is 56.9 Å². The molecular formula is C28H27BrFN5O5S. The summed E-state index contributed by atoms with van der Waals surface area (Å²) in [5.74, 6) is -0.611. The highest BCUT2D eigenvalue weighted by Crippen LogP contribution is 2.34. The molecule has 10 nitrogen and oxygen atoms in total. The van der Waals surface area contributed by atoms with E-state index in [0.29, 0.717) is 30.4 Å². The summed E-state index contributed by atoms with van der Waals surface area (Å²) in [6.07, 6.45) is 3.75. The van der Waals surface area contributed by atoms with Gasteiger partial charge in [0.2, 0.25) is 10.0 Å². The van der Waals surface area contributed by atoms with Crippen molar-refractivity contribution < 1.29 is 12.8 Å². The number of sulfonamides is 1. The van der Waals surface area contributed by atoms with Crippen LogP contribution >= 0.6 is 15.9 Å².